The van der Waals surface area contributed by atoms with E-state index in [4.69, 9.17) is 9.47 Å². The zero-order valence-corrected chi connectivity index (χ0v) is 13.2. The SMILES string of the molecule is COc1ccc(-c2cc(Br)ccc2OC)cc1Br. The lowest BCUT2D eigenvalue weighted by Gasteiger charge is -2.11. The van der Waals surface area contributed by atoms with E-state index in [1.165, 1.54) is 0 Å². The van der Waals surface area contributed by atoms with Gasteiger partial charge in [-0.15, -0.1) is 0 Å². The normalized spacial score (nSPS) is 10.2. The predicted octanol–water partition coefficient (Wildman–Crippen LogP) is 4.90. The third-order valence-corrected chi connectivity index (χ3v) is 3.74. The van der Waals surface area contributed by atoms with Crippen molar-refractivity contribution in [2.75, 3.05) is 14.2 Å². The van der Waals surface area contributed by atoms with Crippen molar-refractivity contribution in [3.63, 3.8) is 0 Å². The number of halogens is 2. The van der Waals surface area contributed by atoms with Gasteiger partial charge in [0.05, 0.1) is 18.7 Å². The molecule has 0 heterocycles. The van der Waals surface area contributed by atoms with Crippen molar-refractivity contribution < 1.29 is 9.47 Å². The summed E-state index contributed by atoms with van der Waals surface area (Å²) in [4.78, 5) is 0. The Labute approximate surface area is 123 Å². The largest absolute Gasteiger partial charge is 0.496 e. The molecule has 0 bridgehead atoms. The molecule has 0 aliphatic carbocycles. The van der Waals surface area contributed by atoms with E-state index >= 15 is 0 Å². The minimum atomic E-state index is 0.813. The number of benzene rings is 2. The van der Waals surface area contributed by atoms with Crippen LogP contribution in [-0.2, 0) is 0 Å². The van der Waals surface area contributed by atoms with Crippen LogP contribution in [0.4, 0.5) is 0 Å². The molecule has 0 saturated heterocycles. The molecule has 0 saturated carbocycles. The van der Waals surface area contributed by atoms with Crippen LogP contribution in [0.3, 0.4) is 0 Å². The van der Waals surface area contributed by atoms with Crippen LogP contribution in [0.1, 0.15) is 0 Å². The Hall–Kier alpha value is -1.00. The van der Waals surface area contributed by atoms with Crippen molar-refractivity contribution in [1.82, 2.24) is 0 Å². The van der Waals surface area contributed by atoms with Crippen LogP contribution in [0, 0.1) is 0 Å². The summed E-state index contributed by atoms with van der Waals surface area (Å²) in [5, 5.41) is 0. The lowest BCUT2D eigenvalue weighted by molar-refractivity contribution is 0.412. The summed E-state index contributed by atoms with van der Waals surface area (Å²) >= 11 is 6.97. The fourth-order valence-electron chi connectivity index (χ4n) is 1.74. The van der Waals surface area contributed by atoms with Gasteiger partial charge in [-0.1, -0.05) is 22.0 Å². The molecule has 94 valence electrons. The molecular weight excluding hydrogens is 360 g/mol. The van der Waals surface area contributed by atoms with Crippen molar-refractivity contribution in [2.24, 2.45) is 0 Å². The first-order valence-corrected chi connectivity index (χ1v) is 6.91. The monoisotopic (exact) mass is 370 g/mol. The fourth-order valence-corrected chi connectivity index (χ4v) is 2.64. The maximum atomic E-state index is 5.38. The molecule has 2 aromatic carbocycles. The van der Waals surface area contributed by atoms with E-state index < -0.39 is 0 Å². The Morgan fingerprint density at radius 2 is 1.50 bits per heavy atom. The minimum absolute atomic E-state index is 0.813. The molecule has 0 aliphatic rings. The molecule has 0 N–H and O–H groups in total. The Balaban J connectivity index is 2.54. The molecule has 0 aromatic heterocycles. The summed E-state index contributed by atoms with van der Waals surface area (Å²) < 4.78 is 12.6. The maximum Gasteiger partial charge on any atom is 0.133 e. The molecule has 0 atom stereocenters. The van der Waals surface area contributed by atoms with Crippen molar-refractivity contribution >= 4 is 31.9 Å². The molecule has 18 heavy (non-hydrogen) atoms. The minimum Gasteiger partial charge on any atom is -0.496 e. The zero-order valence-electron chi connectivity index (χ0n) is 10.0. The van der Waals surface area contributed by atoms with Crippen LogP contribution >= 0.6 is 31.9 Å². The van der Waals surface area contributed by atoms with Crippen LogP contribution in [0.15, 0.2) is 45.3 Å². The second kappa shape index (κ2) is 5.76. The van der Waals surface area contributed by atoms with E-state index in [1.807, 2.05) is 36.4 Å². The van der Waals surface area contributed by atoms with Crippen LogP contribution in [0.25, 0.3) is 11.1 Å². The van der Waals surface area contributed by atoms with E-state index in [-0.39, 0.29) is 0 Å². The molecular formula is C14H12Br2O2. The Bertz CT molecular complexity index is 568. The second-order valence-corrected chi connectivity index (χ2v) is 5.46. The fraction of sp³-hybridized carbons (Fsp3) is 0.143. The van der Waals surface area contributed by atoms with Crippen molar-refractivity contribution in [3.8, 4) is 22.6 Å². The summed E-state index contributed by atoms with van der Waals surface area (Å²) in [5.74, 6) is 1.66. The van der Waals surface area contributed by atoms with Gasteiger partial charge in [-0.25, -0.2) is 0 Å². The lowest BCUT2D eigenvalue weighted by atomic mass is 10.0. The van der Waals surface area contributed by atoms with Gasteiger partial charge in [0.15, 0.2) is 0 Å². The molecule has 0 amide bonds. The third kappa shape index (κ3) is 2.70. The van der Waals surface area contributed by atoms with E-state index in [0.717, 1.165) is 31.6 Å². The molecule has 2 nitrogen and oxygen atoms in total. The number of methoxy groups -OCH3 is 2. The number of rotatable bonds is 3. The predicted molar refractivity (Wildman–Crippen MR) is 80.4 cm³/mol. The highest BCUT2D eigenvalue weighted by atomic mass is 79.9. The van der Waals surface area contributed by atoms with Gasteiger partial charge in [0.1, 0.15) is 11.5 Å². The molecule has 0 radical (unpaired) electrons. The van der Waals surface area contributed by atoms with E-state index in [2.05, 4.69) is 31.9 Å². The van der Waals surface area contributed by atoms with Crippen LogP contribution < -0.4 is 9.47 Å². The third-order valence-electron chi connectivity index (χ3n) is 2.62. The first-order chi connectivity index (χ1) is 8.65. The highest BCUT2D eigenvalue weighted by Crippen LogP contribution is 2.36. The Morgan fingerprint density at radius 3 is 2.11 bits per heavy atom. The summed E-state index contributed by atoms with van der Waals surface area (Å²) in [6, 6.07) is 11.9. The quantitative estimate of drug-likeness (QED) is 0.764. The standard InChI is InChI=1S/C14H12Br2O2/c1-17-13-6-4-10(15)8-11(13)9-3-5-14(18-2)12(16)7-9/h3-8H,1-2H3. The number of ether oxygens (including phenoxy) is 2. The molecule has 0 spiro atoms. The Morgan fingerprint density at radius 1 is 0.833 bits per heavy atom. The zero-order chi connectivity index (χ0) is 13.1. The van der Waals surface area contributed by atoms with Gasteiger partial charge in [-0.05, 0) is 51.8 Å². The topological polar surface area (TPSA) is 18.5 Å². The van der Waals surface area contributed by atoms with Crippen LogP contribution in [0.2, 0.25) is 0 Å². The van der Waals surface area contributed by atoms with Crippen LogP contribution in [0.5, 0.6) is 11.5 Å². The highest BCUT2D eigenvalue weighted by Gasteiger charge is 2.09. The number of hydrogen-bond acceptors (Lipinski definition) is 2. The van der Waals surface area contributed by atoms with Gasteiger partial charge >= 0.3 is 0 Å². The Kier molecular flexibility index (Phi) is 4.30. The summed E-state index contributed by atoms with van der Waals surface area (Å²) in [6.45, 7) is 0. The molecule has 4 heteroatoms. The average Bonchev–Trinajstić information content (AvgIpc) is 2.38. The highest BCUT2D eigenvalue weighted by molar-refractivity contribution is 9.10. The van der Waals surface area contributed by atoms with E-state index in [1.54, 1.807) is 14.2 Å². The molecule has 2 rings (SSSR count). The lowest BCUT2D eigenvalue weighted by Crippen LogP contribution is -1.89. The summed E-state index contributed by atoms with van der Waals surface area (Å²) in [7, 11) is 3.32. The average molecular weight is 372 g/mol. The van der Waals surface area contributed by atoms with E-state index in [0.29, 0.717) is 0 Å². The second-order valence-electron chi connectivity index (χ2n) is 3.69. The summed E-state index contributed by atoms with van der Waals surface area (Å²) in [5.41, 5.74) is 2.11. The van der Waals surface area contributed by atoms with Crippen molar-refractivity contribution in [2.45, 2.75) is 0 Å². The molecule has 2 aromatic rings. The first kappa shape index (κ1) is 13.4. The molecule has 0 fully saturated rings. The van der Waals surface area contributed by atoms with Gasteiger partial charge in [0.2, 0.25) is 0 Å². The van der Waals surface area contributed by atoms with Gasteiger partial charge in [0, 0.05) is 10.0 Å². The smallest absolute Gasteiger partial charge is 0.133 e. The van der Waals surface area contributed by atoms with Crippen molar-refractivity contribution in [3.05, 3.63) is 45.3 Å². The van der Waals surface area contributed by atoms with Gasteiger partial charge in [-0.2, -0.15) is 0 Å². The van der Waals surface area contributed by atoms with Crippen molar-refractivity contribution in [1.29, 1.82) is 0 Å². The molecule has 0 unspecified atom stereocenters. The van der Waals surface area contributed by atoms with Gasteiger partial charge in [0.25, 0.3) is 0 Å². The van der Waals surface area contributed by atoms with Gasteiger partial charge < -0.3 is 9.47 Å². The van der Waals surface area contributed by atoms with Gasteiger partial charge in [-0.3, -0.25) is 0 Å². The first-order valence-electron chi connectivity index (χ1n) is 5.33. The maximum absolute atomic E-state index is 5.38. The number of hydrogen-bond donors (Lipinski definition) is 0. The summed E-state index contributed by atoms with van der Waals surface area (Å²) in [6.07, 6.45) is 0. The molecule has 0 aliphatic heterocycles. The van der Waals surface area contributed by atoms with Crippen LogP contribution in [-0.4, -0.2) is 14.2 Å². The van der Waals surface area contributed by atoms with E-state index in [9.17, 15) is 0 Å².